The molecule has 6 nitrogen and oxygen atoms in total. The quantitative estimate of drug-likeness (QED) is 0.378. The van der Waals surface area contributed by atoms with Crippen molar-refractivity contribution in [1.29, 1.82) is 0 Å². The highest BCUT2D eigenvalue weighted by Crippen LogP contribution is 2.24. The normalized spacial score (nSPS) is 13.6. The van der Waals surface area contributed by atoms with Gasteiger partial charge in [-0.3, -0.25) is 4.79 Å². The van der Waals surface area contributed by atoms with E-state index in [1.807, 2.05) is 25.1 Å². The van der Waals surface area contributed by atoms with Crippen LogP contribution in [0.1, 0.15) is 52.4 Å². The van der Waals surface area contributed by atoms with Gasteiger partial charge < -0.3 is 13.9 Å². The second-order valence-corrected chi connectivity index (χ2v) is 9.05. The molecule has 0 amide bonds. The van der Waals surface area contributed by atoms with Gasteiger partial charge in [-0.2, -0.15) is 0 Å². The number of ketones is 1. The first-order chi connectivity index (χ1) is 15.1. The lowest BCUT2D eigenvalue weighted by atomic mass is 10.1. The highest BCUT2D eigenvalue weighted by Gasteiger charge is 2.19. The number of nitrogens with zero attached hydrogens (tertiary/aromatic N) is 4. The predicted octanol–water partition coefficient (Wildman–Crippen LogP) is 4.65. The number of Topliss-reactive ketones (excluding diaryl/α,β-unsaturated/α-hetero) is 1. The molecule has 0 saturated heterocycles. The van der Waals surface area contributed by atoms with Crippen molar-refractivity contribution in [2.75, 3.05) is 12.9 Å². The Morgan fingerprint density at radius 2 is 1.94 bits per heavy atom. The molecule has 3 aromatic rings. The maximum absolute atomic E-state index is 13.0. The van der Waals surface area contributed by atoms with E-state index in [2.05, 4.69) is 38.4 Å². The zero-order valence-electron chi connectivity index (χ0n) is 18.6. The van der Waals surface area contributed by atoms with E-state index in [4.69, 9.17) is 4.74 Å². The monoisotopic (exact) mass is 438 g/mol. The topological polar surface area (TPSA) is 61.9 Å². The summed E-state index contributed by atoms with van der Waals surface area (Å²) in [5.41, 5.74) is 4.23. The van der Waals surface area contributed by atoms with Crippen LogP contribution in [0.2, 0.25) is 0 Å². The van der Waals surface area contributed by atoms with Gasteiger partial charge in [-0.25, -0.2) is 0 Å². The Kier molecular flexibility index (Phi) is 6.80. The lowest BCUT2D eigenvalue weighted by Crippen LogP contribution is -2.09. The highest BCUT2D eigenvalue weighted by molar-refractivity contribution is 7.99. The van der Waals surface area contributed by atoms with Crippen LogP contribution in [-0.4, -0.2) is 38.0 Å². The number of aromatic nitrogens is 4. The van der Waals surface area contributed by atoms with E-state index < -0.39 is 0 Å². The molecule has 1 aromatic carbocycles. The van der Waals surface area contributed by atoms with Gasteiger partial charge in [-0.15, -0.1) is 10.2 Å². The van der Waals surface area contributed by atoms with Crippen molar-refractivity contribution < 1.29 is 9.53 Å². The van der Waals surface area contributed by atoms with E-state index in [0.29, 0.717) is 5.75 Å². The van der Waals surface area contributed by atoms with Crippen molar-refractivity contribution in [2.45, 2.75) is 64.2 Å². The molecule has 164 valence electrons. The summed E-state index contributed by atoms with van der Waals surface area (Å²) in [5, 5.41) is 9.54. The maximum Gasteiger partial charge on any atom is 0.191 e. The summed E-state index contributed by atoms with van der Waals surface area (Å²) in [4.78, 5) is 13.0. The van der Waals surface area contributed by atoms with Crippen molar-refractivity contribution in [3.05, 3.63) is 58.7 Å². The van der Waals surface area contributed by atoms with Crippen LogP contribution in [0.4, 0.5) is 0 Å². The molecule has 0 fully saturated rings. The number of carbonyl (C=O) groups is 1. The largest absolute Gasteiger partial charge is 0.497 e. The Bertz CT molecular complexity index is 1050. The van der Waals surface area contributed by atoms with Gasteiger partial charge in [-0.1, -0.05) is 30.3 Å². The van der Waals surface area contributed by atoms with Gasteiger partial charge >= 0.3 is 0 Å². The average molecular weight is 439 g/mol. The number of thioether (sulfide) groups is 1. The fourth-order valence-corrected chi connectivity index (χ4v) is 5.10. The Labute approximate surface area is 188 Å². The van der Waals surface area contributed by atoms with Crippen LogP contribution in [0.25, 0.3) is 0 Å². The number of fused-ring (bicyclic) bond motifs is 1. The number of hydrogen-bond donors (Lipinski definition) is 0. The molecule has 0 N–H and O–H groups in total. The fourth-order valence-electron chi connectivity index (χ4n) is 4.23. The van der Waals surface area contributed by atoms with Gasteiger partial charge in [0.2, 0.25) is 0 Å². The smallest absolute Gasteiger partial charge is 0.191 e. The molecule has 31 heavy (non-hydrogen) atoms. The molecular weight excluding hydrogens is 408 g/mol. The summed E-state index contributed by atoms with van der Waals surface area (Å²) in [5.74, 6) is 2.47. The number of benzene rings is 1. The first-order valence-corrected chi connectivity index (χ1v) is 11.9. The second kappa shape index (κ2) is 9.73. The van der Waals surface area contributed by atoms with Gasteiger partial charge in [0.05, 0.1) is 12.9 Å². The zero-order valence-corrected chi connectivity index (χ0v) is 19.4. The summed E-state index contributed by atoms with van der Waals surface area (Å²) < 4.78 is 9.67. The Morgan fingerprint density at radius 1 is 1.13 bits per heavy atom. The molecule has 0 bridgehead atoms. The minimum atomic E-state index is 0.153. The molecule has 1 aliphatic rings. The molecule has 0 spiro atoms. The Balaban J connectivity index is 1.40. The Hall–Kier alpha value is -2.54. The molecule has 3 heterocycles. The number of aryl methyl sites for hydroxylation is 3. The SMILES string of the molecule is COc1ccc(CCn2c(C)cc(C(=O)CSc3nnc4n3CCCCC4)c2C)cc1. The summed E-state index contributed by atoms with van der Waals surface area (Å²) in [6.07, 6.45) is 5.45. The van der Waals surface area contributed by atoms with Crippen LogP contribution >= 0.6 is 11.8 Å². The van der Waals surface area contributed by atoms with Crippen molar-refractivity contribution >= 4 is 17.5 Å². The Morgan fingerprint density at radius 3 is 2.71 bits per heavy atom. The van der Waals surface area contributed by atoms with Crippen LogP contribution in [0.3, 0.4) is 0 Å². The van der Waals surface area contributed by atoms with Crippen molar-refractivity contribution in [3.8, 4) is 5.75 Å². The molecular formula is C24H30N4O2S. The first-order valence-electron chi connectivity index (χ1n) is 10.9. The molecule has 0 atom stereocenters. The average Bonchev–Trinajstić information content (AvgIpc) is 3.19. The van der Waals surface area contributed by atoms with Crippen LogP contribution in [0.15, 0.2) is 35.5 Å². The number of methoxy groups -OCH3 is 1. The van der Waals surface area contributed by atoms with Crippen molar-refractivity contribution in [1.82, 2.24) is 19.3 Å². The third-order valence-corrected chi connectivity index (χ3v) is 7.03. The van der Waals surface area contributed by atoms with Gasteiger partial charge in [0, 0.05) is 36.5 Å². The predicted molar refractivity (Wildman–Crippen MR) is 123 cm³/mol. The molecule has 0 aliphatic carbocycles. The number of hydrogen-bond acceptors (Lipinski definition) is 5. The van der Waals surface area contributed by atoms with Crippen molar-refractivity contribution in [3.63, 3.8) is 0 Å². The third-order valence-electron chi connectivity index (χ3n) is 6.07. The van der Waals surface area contributed by atoms with Gasteiger partial charge in [0.15, 0.2) is 10.9 Å². The third kappa shape index (κ3) is 4.87. The standard InChI is InChI=1S/C24H30N4O2S/c1-17-15-21(18(2)27(17)14-12-19-8-10-20(30-3)11-9-19)22(29)16-31-24-26-25-23-7-5-4-6-13-28(23)24/h8-11,15H,4-7,12-14,16H2,1-3H3. The summed E-state index contributed by atoms with van der Waals surface area (Å²) in [6.45, 7) is 5.92. The van der Waals surface area contributed by atoms with Crippen LogP contribution in [-0.2, 0) is 25.9 Å². The molecule has 0 radical (unpaired) electrons. The summed E-state index contributed by atoms with van der Waals surface area (Å²) in [6, 6.07) is 10.2. The van der Waals surface area contributed by atoms with Crippen LogP contribution < -0.4 is 4.74 Å². The maximum atomic E-state index is 13.0. The molecule has 2 aromatic heterocycles. The molecule has 0 unspecified atom stereocenters. The van der Waals surface area contributed by atoms with E-state index in [9.17, 15) is 4.79 Å². The van der Waals surface area contributed by atoms with E-state index >= 15 is 0 Å². The molecule has 1 aliphatic heterocycles. The van der Waals surface area contributed by atoms with E-state index in [1.165, 1.54) is 30.2 Å². The number of rotatable bonds is 8. The van der Waals surface area contributed by atoms with E-state index in [-0.39, 0.29) is 5.78 Å². The van der Waals surface area contributed by atoms with Crippen LogP contribution in [0.5, 0.6) is 5.75 Å². The summed E-state index contributed by atoms with van der Waals surface area (Å²) in [7, 11) is 1.68. The lowest BCUT2D eigenvalue weighted by molar-refractivity contribution is 0.102. The minimum Gasteiger partial charge on any atom is -0.497 e. The molecule has 7 heteroatoms. The van der Waals surface area contributed by atoms with Gasteiger partial charge in [0.25, 0.3) is 0 Å². The molecule has 0 saturated carbocycles. The van der Waals surface area contributed by atoms with Gasteiger partial charge in [0.1, 0.15) is 11.6 Å². The van der Waals surface area contributed by atoms with E-state index in [0.717, 1.165) is 66.0 Å². The lowest BCUT2D eigenvalue weighted by Gasteiger charge is -2.10. The van der Waals surface area contributed by atoms with Gasteiger partial charge in [-0.05, 0) is 56.9 Å². The van der Waals surface area contributed by atoms with Crippen molar-refractivity contribution in [2.24, 2.45) is 0 Å². The van der Waals surface area contributed by atoms with E-state index in [1.54, 1.807) is 7.11 Å². The molecule has 4 rings (SSSR count). The first kappa shape index (κ1) is 21.7. The highest BCUT2D eigenvalue weighted by atomic mass is 32.2. The zero-order chi connectivity index (χ0) is 21.8. The summed E-state index contributed by atoms with van der Waals surface area (Å²) >= 11 is 1.51. The minimum absolute atomic E-state index is 0.153. The fraction of sp³-hybridized carbons (Fsp3) is 0.458. The number of ether oxygens (including phenoxy) is 1. The van der Waals surface area contributed by atoms with Crippen LogP contribution in [0, 0.1) is 13.8 Å². The second-order valence-electron chi connectivity index (χ2n) is 8.11. The number of carbonyl (C=O) groups excluding carboxylic acids is 1.